The van der Waals surface area contributed by atoms with Crippen LogP contribution in [0.2, 0.25) is 0 Å². The standard InChI is InChI=1S/C22H26N8O6/c1-36-9-8-24-16(31)7-6-15(21(34)35)28-19(32)12-2-4-13(5-3-12)25-10-14-11-26-18-17(27-14)20(33)30-22(23)29-18/h2-5,11,15,25H,6-10H2,1H3,(H,24,31)(H,28,32)(H,34,35)(H3,23,26,29,30,33)/t15-/m1/s1. The number of carbonyl (C=O) groups excluding carboxylic acids is 2. The summed E-state index contributed by atoms with van der Waals surface area (Å²) in [5.74, 6) is -2.62. The lowest BCUT2D eigenvalue weighted by molar-refractivity contribution is -0.139. The van der Waals surface area contributed by atoms with Crippen LogP contribution in [0.4, 0.5) is 11.6 Å². The number of aromatic hydroxyl groups is 1. The monoisotopic (exact) mass is 498 g/mol. The van der Waals surface area contributed by atoms with E-state index in [2.05, 4.69) is 35.9 Å². The molecular weight excluding hydrogens is 472 g/mol. The number of fused-ring (bicyclic) bond motifs is 1. The minimum Gasteiger partial charge on any atom is -0.492 e. The number of ether oxygens (including phenoxy) is 1. The number of benzene rings is 1. The number of anilines is 2. The highest BCUT2D eigenvalue weighted by atomic mass is 16.5. The molecule has 3 aromatic rings. The number of carbonyl (C=O) groups is 3. The van der Waals surface area contributed by atoms with Crippen molar-refractivity contribution in [3.05, 3.63) is 41.7 Å². The van der Waals surface area contributed by atoms with Gasteiger partial charge >= 0.3 is 5.97 Å². The Morgan fingerprint density at radius 3 is 2.58 bits per heavy atom. The summed E-state index contributed by atoms with van der Waals surface area (Å²) in [5.41, 5.74) is 7.19. The summed E-state index contributed by atoms with van der Waals surface area (Å²) in [5, 5.41) is 27.4. The van der Waals surface area contributed by atoms with Gasteiger partial charge in [-0.3, -0.25) is 9.59 Å². The molecule has 0 aliphatic carbocycles. The van der Waals surface area contributed by atoms with Gasteiger partial charge in [0.2, 0.25) is 17.7 Å². The van der Waals surface area contributed by atoms with Crippen LogP contribution in [0.25, 0.3) is 11.2 Å². The average Bonchev–Trinajstić information content (AvgIpc) is 2.85. The number of methoxy groups -OCH3 is 1. The molecule has 0 bridgehead atoms. The van der Waals surface area contributed by atoms with Gasteiger partial charge in [0.15, 0.2) is 11.2 Å². The zero-order chi connectivity index (χ0) is 26.1. The van der Waals surface area contributed by atoms with Gasteiger partial charge in [0.05, 0.1) is 25.0 Å². The van der Waals surface area contributed by atoms with Crippen LogP contribution in [0.15, 0.2) is 30.5 Å². The van der Waals surface area contributed by atoms with Crippen LogP contribution in [0.5, 0.6) is 5.88 Å². The third-order valence-electron chi connectivity index (χ3n) is 4.97. The molecule has 0 saturated heterocycles. The molecule has 2 amide bonds. The maximum Gasteiger partial charge on any atom is 0.326 e. The SMILES string of the molecule is COCCNC(=O)CC[C@@H](NC(=O)c1ccc(NCc2cnc3nc(N)nc(O)c3n2)cc1)C(=O)O. The molecule has 7 N–H and O–H groups in total. The lowest BCUT2D eigenvalue weighted by Gasteiger charge is -2.15. The first-order valence-corrected chi connectivity index (χ1v) is 10.9. The van der Waals surface area contributed by atoms with Crippen LogP contribution < -0.4 is 21.7 Å². The largest absolute Gasteiger partial charge is 0.492 e. The molecule has 3 rings (SSSR count). The first-order chi connectivity index (χ1) is 17.3. The molecule has 36 heavy (non-hydrogen) atoms. The number of nitrogens with two attached hydrogens (primary N) is 1. The second kappa shape index (κ2) is 12.2. The smallest absolute Gasteiger partial charge is 0.326 e. The van der Waals surface area contributed by atoms with Gasteiger partial charge in [-0.15, -0.1) is 0 Å². The van der Waals surface area contributed by atoms with E-state index >= 15 is 0 Å². The second-order valence-corrected chi connectivity index (χ2v) is 7.62. The van der Waals surface area contributed by atoms with E-state index in [-0.39, 0.29) is 53.8 Å². The van der Waals surface area contributed by atoms with Gasteiger partial charge in [0.1, 0.15) is 6.04 Å². The third kappa shape index (κ3) is 7.20. The second-order valence-electron chi connectivity index (χ2n) is 7.62. The number of aliphatic carboxylic acids is 1. The summed E-state index contributed by atoms with van der Waals surface area (Å²) in [4.78, 5) is 51.7. The Kier molecular flexibility index (Phi) is 8.83. The van der Waals surface area contributed by atoms with Crippen LogP contribution in [0, 0.1) is 0 Å². The predicted molar refractivity (Wildman–Crippen MR) is 128 cm³/mol. The average molecular weight is 499 g/mol. The zero-order valence-electron chi connectivity index (χ0n) is 19.4. The molecule has 0 radical (unpaired) electrons. The van der Waals surface area contributed by atoms with E-state index < -0.39 is 17.9 Å². The Hall–Kier alpha value is -4.59. The van der Waals surface area contributed by atoms with Crippen molar-refractivity contribution in [2.75, 3.05) is 31.3 Å². The van der Waals surface area contributed by atoms with Gasteiger partial charge in [-0.05, 0) is 30.7 Å². The highest BCUT2D eigenvalue weighted by molar-refractivity contribution is 5.97. The number of aromatic nitrogens is 4. The number of amides is 2. The zero-order valence-corrected chi connectivity index (χ0v) is 19.4. The molecule has 2 heterocycles. The third-order valence-corrected chi connectivity index (χ3v) is 4.97. The molecule has 1 aromatic carbocycles. The molecule has 0 spiro atoms. The van der Waals surface area contributed by atoms with Crippen LogP contribution in [-0.2, 0) is 20.9 Å². The van der Waals surface area contributed by atoms with Crippen molar-refractivity contribution < 1.29 is 29.3 Å². The van der Waals surface area contributed by atoms with E-state index in [9.17, 15) is 24.6 Å². The Morgan fingerprint density at radius 2 is 1.89 bits per heavy atom. The van der Waals surface area contributed by atoms with Gasteiger partial charge in [0.25, 0.3) is 5.91 Å². The summed E-state index contributed by atoms with van der Waals surface area (Å²) in [7, 11) is 1.50. The highest BCUT2D eigenvalue weighted by Crippen LogP contribution is 2.19. The maximum absolute atomic E-state index is 12.5. The van der Waals surface area contributed by atoms with E-state index in [1.54, 1.807) is 12.1 Å². The normalized spacial score (nSPS) is 11.6. The Labute approximate surface area is 205 Å². The molecule has 0 saturated carbocycles. The number of hydrogen-bond donors (Lipinski definition) is 6. The summed E-state index contributed by atoms with van der Waals surface area (Å²) >= 11 is 0. The fraction of sp³-hybridized carbons (Fsp3) is 0.318. The molecule has 2 aromatic heterocycles. The van der Waals surface area contributed by atoms with Gasteiger partial charge in [-0.25, -0.2) is 14.8 Å². The van der Waals surface area contributed by atoms with Crippen molar-refractivity contribution in [2.45, 2.75) is 25.4 Å². The molecule has 0 unspecified atom stereocenters. The lowest BCUT2D eigenvalue weighted by Crippen LogP contribution is -2.41. The molecule has 0 aliphatic rings. The molecule has 14 nitrogen and oxygen atoms in total. The van der Waals surface area contributed by atoms with Crippen LogP contribution in [0.3, 0.4) is 0 Å². The summed E-state index contributed by atoms with van der Waals surface area (Å²) in [6.07, 6.45) is 1.37. The minimum atomic E-state index is -1.23. The van der Waals surface area contributed by atoms with Crippen molar-refractivity contribution in [2.24, 2.45) is 0 Å². The number of nitrogens with one attached hydrogen (secondary N) is 3. The summed E-state index contributed by atoms with van der Waals surface area (Å²) < 4.78 is 4.83. The van der Waals surface area contributed by atoms with E-state index in [0.717, 1.165) is 0 Å². The minimum absolute atomic E-state index is 0.0560. The number of nitrogen functional groups attached to an aromatic ring is 1. The molecule has 190 valence electrons. The topological polar surface area (TPSA) is 215 Å². The van der Waals surface area contributed by atoms with Crippen LogP contribution in [-0.4, -0.2) is 74.2 Å². The Morgan fingerprint density at radius 1 is 1.14 bits per heavy atom. The van der Waals surface area contributed by atoms with E-state index in [1.165, 1.54) is 25.4 Å². The summed E-state index contributed by atoms with van der Waals surface area (Å²) in [6, 6.07) is 5.13. The Bertz CT molecular complexity index is 1240. The number of carboxylic acids is 1. The number of carboxylic acid groups (broad SMARTS) is 1. The van der Waals surface area contributed by atoms with E-state index in [0.29, 0.717) is 24.5 Å². The van der Waals surface area contributed by atoms with Crippen molar-refractivity contribution >= 4 is 40.6 Å². The molecular formula is C22H26N8O6. The van der Waals surface area contributed by atoms with E-state index in [1.807, 2.05) is 0 Å². The molecule has 1 atom stereocenters. The maximum atomic E-state index is 12.5. The first-order valence-electron chi connectivity index (χ1n) is 10.9. The highest BCUT2D eigenvalue weighted by Gasteiger charge is 2.21. The first kappa shape index (κ1) is 26.0. The predicted octanol–water partition coefficient (Wildman–Crippen LogP) is 0.0455. The lowest BCUT2D eigenvalue weighted by atomic mass is 10.1. The number of nitrogens with zero attached hydrogens (tertiary/aromatic N) is 4. The van der Waals surface area contributed by atoms with Gasteiger partial charge in [-0.2, -0.15) is 9.97 Å². The molecule has 0 fully saturated rings. The van der Waals surface area contributed by atoms with Gasteiger partial charge in [-0.1, -0.05) is 0 Å². The summed E-state index contributed by atoms with van der Waals surface area (Å²) in [6.45, 7) is 0.921. The van der Waals surface area contributed by atoms with E-state index in [4.69, 9.17) is 10.5 Å². The fourth-order valence-corrected chi connectivity index (χ4v) is 3.12. The van der Waals surface area contributed by atoms with Gasteiger partial charge < -0.3 is 36.6 Å². The van der Waals surface area contributed by atoms with Crippen molar-refractivity contribution in [3.63, 3.8) is 0 Å². The quantitative estimate of drug-likeness (QED) is 0.183. The van der Waals surface area contributed by atoms with Crippen LogP contribution >= 0.6 is 0 Å². The van der Waals surface area contributed by atoms with Crippen molar-refractivity contribution in [3.8, 4) is 5.88 Å². The molecule has 14 heteroatoms. The van der Waals surface area contributed by atoms with Gasteiger partial charge in [0, 0.05) is 31.3 Å². The van der Waals surface area contributed by atoms with Crippen molar-refractivity contribution in [1.82, 2.24) is 30.6 Å². The number of rotatable bonds is 12. The number of hydrogen-bond acceptors (Lipinski definition) is 11. The molecule has 0 aliphatic heterocycles. The fourth-order valence-electron chi connectivity index (χ4n) is 3.12. The van der Waals surface area contributed by atoms with Crippen molar-refractivity contribution in [1.29, 1.82) is 0 Å². The Balaban J connectivity index is 1.54. The van der Waals surface area contributed by atoms with Crippen LogP contribution in [0.1, 0.15) is 28.9 Å².